The predicted molar refractivity (Wildman–Crippen MR) is 57.4 cm³/mol. The molecule has 2 bridgehead atoms. The summed E-state index contributed by atoms with van der Waals surface area (Å²) in [6.45, 7) is -0.546. The van der Waals surface area contributed by atoms with Crippen LogP contribution >= 0.6 is 0 Å². The molecule has 3 saturated heterocycles. The number of hydrogen-bond acceptors (Lipinski definition) is 5. The average molecular weight is 285 g/mol. The number of halogens is 3. The van der Waals surface area contributed by atoms with Crippen molar-refractivity contribution in [3.8, 4) is 0 Å². The van der Waals surface area contributed by atoms with E-state index < -0.39 is 19.5 Å². The summed E-state index contributed by atoms with van der Waals surface area (Å²) < 4.78 is 54.7. The first-order valence-corrected chi connectivity index (χ1v) is 5.83. The Morgan fingerprint density at radius 2 is 1.85 bits per heavy atom. The Kier molecular flexibility index (Phi) is 3.99. The smallest absolute Gasteiger partial charge is 0.539 e. The van der Waals surface area contributed by atoms with Crippen LogP contribution in [0.25, 0.3) is 0 Å². The maximum absolute atomic E-state index is 12.5. The van der Waals surface area contributed by atoms with Crippen LogP contribution in [-0.4, -0.2) is 47.7 Å². The van der Waals surface area contributed by atoms with Crippen LogP contribution in [0.3, 0.4) is 0 Å². The largest absolute Gasteiger partial charge is 1.00 e. The van der Waals surface area contributed by atoms with E-state index in [1.807, 2.05) is 6.92 Å². The van der Waals surface area contributed by atoms with Crippen LogP contribution in [0.15, 0.2) is 6.20 Å². The Morgan fingerprint density at radius 3 is 2.35 bits per heavy atom. The summed E-state index contributed by atoms with van der Waals surface area (Å²) in [6.07, 6.45) is -3.20. The van der Waals surface area contributed by atoms with Gasteiger partial charge in [0.15, 0.2) is 0 Å². The third-order valence-corrected chi connectivity index (χ3v) is 3.29. The van der Waals surface area contributed by atoms with E-state index in [0.717, 1.165) is 0 Å². The monoisotopic (exact) mass is 285 g/mol. The molecule has 3 aliphatic rings. The molecule has 0 unspecified atom stereocenters. The molecule has 3 fully saturated rings. The normalized spacial score (nSPS) is 33.0. The number of aromatic nitrogens is 3. The van der Waals surface area contributed by atoms with E-state index in [-0.39, 0.29) is 29.9 Å². The Morgan fingerprint density at radius 1 is 1.30 bits per heavy atom. The van der Waals surface area contributed by atoms with Gasteiger partial charge in [0.25, 0.3) is 0 Å². The molecule has 106 valence electrons. The van der Waals surface area contributed by atoms with E-state index in [2.05, 4.69) is 10.3 Å². The molecule has 1 aromatic heterocycles. The number of alkyl halides is 3. The van der Waals surface area contributed by atoms with Crippen molar-refractivity contribution in [1.29, 1.82) is 0 Å². The fourth-order valence-electron chi connectivity index (χ4n) is 2.29. The van der Waals surface area contributed by atoms with Crippen molar-refractivity contribution in [2.24, 2.45) is 5.41 Å². The topological polar surface area (TPSA) is 58.4 Å². The van der Waals surface area contributed by atoms with E-state index in [4.69, 9.17) is 14.0 Å². The van der Waals surface area contributed by atoms with Crippen LogP contribution in [0.2, 0.25) is 0 Å². The van der Waals surface area contributed by atoms with E-state index in [1.54, 1.807) is 0 Å². The van der Waals surface area contributed by atoms with Gasteiger partial charge in [0.05, 0.1) is 0 Å². The molecule has 20 heavy (non-hydrogen) atoms. The number of hydrogen-bond donors (Lipinski definition) is 0. The molecule has 0 amide bonds. The van der Waals surface area contributed by atoms with Gasteiger partial charge in [-0.3, -0.25) is 4.68 Å². The Balaban J connectivity index is 0.00000147. The van der Waals surface area contributed by atoms with Gasteiger partial charge in [0.1, 0.15) is 6.54 Å². The minimum absolute atomic E-state index is 0. The Hall–Kier alpha value is -0.528. The molecule has 0 radical (unpaired) electrons. The van der Waals surface area contributed by atoms with Gasteiger partial charge in [-0.25, -0.2) is 0 Å². The predicted octanol–water partition coefficient (Wildman–Crippen LogP) is -2.93. The molecule has 0 saturated carbocycles. The van der Waals surface area contributed by atoms with Crippen LogP contribution in [-0.2, 0) is 20.5 Å². The first-order valence-electron chi connectivity index (χ1n) is 5.83. The van der Waals surface area contributed by atoms with Gasteiger partial charge in [-0.05, 0) is 5.59 Å². The second kappa shape index (κ2) is 5.03. The summed E-state index contributed by atoms with van der Waals surface area (Å²) in [7, 11) is 0. The Bertz CT molecular complexity index is 474. The van der Waals surface area contributed by atoms with Gasteiger partial charge in [-0.1, -0.05) is 12.1 Å². The SMILES string of the molecule is CC12CO[B-](c3cnnn3CC(F)(F)F)(OC1)OC2.[Li+]. The summed E-state index contributed by atoms with van der Waals surface area (Å²) in [6, 6.07) is 0. The Labute approximate surface area is 125 Å². The summed E-state index contributed by atoms with van der Waals surface area (Å²) in [5, 5.41) is 6.92. The molecule has 4 heterocycles. The van der Waals surface area contributed by atoms with Crippen LogP contribution < -0.4 is 24.5 Å². The van der Waals surface area contributed by atoms with Crippen molar-refractivity contribution >= 4 is 12.3 Å². The zero-order chi connectivity index (χ0) is 13.7. The quantitative estimate of drug-likeness (QED) is 0.545. The maximum Gasteiger partial charge on any atom is 1.00 e. The van der Waals surface area contributed by atoms with E-state index >= 15 is 0 Å². The van der Waals surface area contributed by atoms with Crippen molar-refractivity contribution < 1.29 is 46.0 Å². The van der Waals surface area contributed by atoms with E-state index in [9.17, 15) is 13.2 Å². The molecule has 0 N–H and O–H groups in total. The molecule has 4 rings (SSSR count). The van der Waals surface area contributed by atoms with Gasteiger partial charge < -0.3 is 14.0 Å². The third-order valence-electron chi connectivity index (χ3n) is 3.29. The first kappa shape index (κ1) is 15.9. The van der Waals surface area contributed by atoms with Crippen LogP contribution in [0, 0.1) is 5.41 Å². The number of rotatable bonds is 2. The standard InChI is InChI=1S/C9H12BF3N3O3.Li/c1-8-4-17-10(18-5-8,19-6-8)7-2-14-15-16(7)3-9(11,12)13;/h2H,3-6H2,1H3;/q-1;+1. The molecule has 0 aliphatic carbocycles. The summed E-state index contributed by atoms with van der Waals surface area (Å²) in [5.41, 5.74) is -0.162. The van der Waals surface area contributed by atoms with Crippen LogP contribution in [0.5, 0.6) is 0 Å². The maximum atomic E-state index is 12.5. The molecule has 1 aromatic rings. The molecule has 0 aromatic carbocycles. The second-order valence-electron chi connectivity index (χ2n) is 5.32. The number of nitrogens with zero attached hydrogens (tertiary/aromatic N) is 3. The molecular weight excluding hydrogens is 273 g/mol. The second-order valence-corrected chi connectivity index (χ2v) is 5.32. The van der Waals surface area contributed by atoms with Gasteiger partial charge in [-0.15, -0.1) is 5.10 Å². The van der Waals surface area contributed by atoms with E-state index in [0.29, 0.717) is 24.5 Å². The van der Waals surface area contributed by atoms with Gasteiger partial charge in [-0.2, -0.15) is 13.2 Å². The van der Waals surface area contributed by atoms with Gasteiger partial charge in [0.2, 0.25) is 0 Å². The minimum Gasteiger partial charge on any atom is -0.539 e. The first-order chi connectivity index (χ1) is 8.82. The summed E-state index contributed by atoms with van der Waals surface area (Å²) in [4.78, 5) is 0. The molecule has 6 nitrogen and oxygen atoms in total. The molecule has 0 spiro atoms. The van der Waals surface area contributed by atoms with Crippen LogP contribution in [0.4, 0.5) is 13.2 Å². The fraction of sp³-hybridized carbons (Fsp3) is 0.778. The summed E-state index contributed by atoms with van der Waals surface area (Å²) in [5.74, 6) is 0. The number of fused-ring (bicyclic) bond motifs is 3. The van der Waals surface area contributed by atoms with E-state index in [1.165, 1.54) is 6.20 Å². The van der Waals surface area contributed by atoms with Crippen molar-refractivity contribution in [2.75, 3.05) is 19.8 Å². The summed E-state index contributed by atoms with van der Waals surface area (Å²) >= 11 is 0. The van der Waals surface area contributed by atoms with Crippen molar-refractivity contribution in [3.63, 3.8) is 0 Å². The zero-order valence-electron chi connectivity index (χ0n) is 11.2. The van der Waals surface area contributed by atoms with Gasteiger partial charge >= 0.3 is 31.8 Å². The van der Waals surface area contributed by atoms with Crippen molar-refractivity contribution in [1.82, 2.24) is 15.0 Å². The van der Waals surface area contributed by atoms with Crippen molar-refractivity contribution in [2.45, 2.75) is 19.6 Å². The molecule has 11 heteroatoms. The third kappa shape index (κ3) is 2.76. The molecule has 0 atom stereocenters. The fourth-order valence-corrected chi connectivity index (χ4v) is 2.29. The van der Waals surface area contributed by atoms with Gasteiger partial charge in [0, 0.05) is 31.4 Å². The van der Waals surface area contributed by atoms with Crippen LogP contribution in [0.1, 0.15) is 6.92 Å². The molecular formula is C9H12BF3LiN3O3. The average Bonchev–Trinajstić information content (AvgIpc) is 2.77. The minimum atomic E-state index is -4.40. The zero-order valence-corrected chi connectivity index (χ0v) is 11.2. The van der Waals surface area contributed by atoms with Crippen molar-refractivity contribution in [3.05, 3.63) is 6.20 Å². The molecule has 3 aliphatic heterocycles.